The highest BCUT2D eigenvalue weighted by molar-refractivity contribution is 6.01. The molecule has 0 saturated carbocycles. The number of aryl methyl sites for hydroxylation is 1. The van der Waals surface area contributed by atoms with Crippen LogP contribution in [-0.2, 0) is 7.05 Å². The number of carbonyl (C=O) groups excluding carboxylic acids is 1. The SMILES string of the molecule is Cl.Cn1nc(C2CCNCC2)nc1NC(=O)c1cnn(-c2ccccc2)n1. The van der Waals surface area contributed by atoms with E-state index in [-0.39, 0.29) is 24.0 Å². The molecule has 1 aliphatic heterocycles. The molecule has 0 aliphatic carbocycles. The van der Waals surface area contributed by atoms with Crippen molar-refractivity contribution in [1.29, 1.82) is 0 Å². The number of aromatic nitrogens is 6. The second kappa shape index (κ2) is 8.28. The number of rotatable bonds is 4. The van der Waals surface area contributed by atoms with Gasteiger partial charge in [0, 0.05) is 13.0 Å². The molecule has 9 nitrogen and oxygen atoms in total. The van der Waals surface area contributed by atoms with Crippen molar-refractivity contribution in [1.82, 2.24) is 35.1 Å². The number of hydrogen-bond donors (Lipinski definition) is 2. The second-order valence-corrected chi connectivity index (χ2v) is 6.25. The normalized spacial score (nSPS) is 14.6. The summed E-state index contributed by atoms with van der Waals surface area (Å²) in [6, 6.07) is 9.43. The molecule has 3 heterocycles. The molecule has 1 amide bonds. The van der Waals surface area contributed by atoms with Gasteiger partial charge in [-0.2, -0.15) is 20.0 Å². The van der Waals surface area contributed by atoms with Gasteiger partial charge in [0.2, 0.25) is 5.95 Å². The lowest BCUT2D eigenvalue weighted by atomic mass is 9.98. The third-order valence-electron chi connectivity index (χ3n) is 4.42. The van der Waals surface area contributed by atoms with Crippen molar-refractivity contribution < 1.29 is 4.79 Å². The predicted octanol–water partition coefficient (Wildman–Crippen LogP) is 1.54. The Morgan fingerprint density at radius 2 is 1.93 bits per heavy atom. The van der Waals surface area contributed by atoms with Gasteiger partial charge in [0.1, 0.15) is 0 Å². The van der Waals surface area contributed by atoms with Gasteiger partial charge in [0.05, 0.1) is 11.9 Å². The summed E-state index contributed by atoms with van der Waals surface area (Å²) < 4.78 is 1.59. The first-order chi connectivity index (χ1) is 12.7. The van der Waals surface area contributed by atoms with Gasteiger partial charge in [-0.1, -0.05) is 18.2 Å². The Hall–Kier alpha value is -2.78. The molecule has 0 spiro atoms. The summed E-state index contributed by atoms with van der Waals surface area (Å²) in [5.74, 6) is 1.15. The third kappa shape index (κ3) is 4.15. The number of carbonyl (C=O) groups is 1. The number of nitrogens with one attached hydrogen (secondary N) is 2. The molecule has 1 saturated heterocycles. The smallest absolute Gasteiger partial charge is 0.280 e. The lowest BCUT2D eigenvalue weighted by molar-refractivity contribution is 0.102. The molecular weight excluding hydrogens is 368 g/mol. The maximum absolute atomic E-state index is 12.5. The highest BCUT2D eigenvalue weighted by Crippen LogP contribution is 2.23. The molecular formula is C17H21ClN8O. The standard InChI is InChI=1S/C17H20N8O.ClH/c1-24-17(20-15(23-24)12-7-9-18-10-8-12)21-16(26)14-11-19-25(22-14)13-5-3-2-4-6-13;/h2-6,11-12,18H,7-10H2,1H3,(H,20,21,23,26);1H. The van der Waals surface area contributed by atoms with Crippen molar-refractivity contribution in [3.8, 4) is 5.69 Å². The summed E-state index contributed by atoms with van der Waals surface area (Å²) in [6.45, 7) is 1.93. The largest absolute Gasteiger partial charge is 0.317 e. The number of para-hydroxylation sites is 1. The van der Waals surface area contributed by atoms with Crippen LogP contribution in [-0.4, -0.2) is 48.8 Å². The Bertz CT molecular complexity index is 901. The number of nitrogens with zero attached hydrogens (tertiary/aromatic N) is 6. The third-order valence-corrected chi connectivity index (χ3v) is 4.42. The molecule has 1 aromatic carbocycles. The molecule has 2 aromatic heterocycles. The molecule has 10 heteroatoms. The van der Waals surface area contributed by atoms with E-state index in [9.17, 15) is 4.79 Å². The van der Waals surface area contributed by atoms with Gasteiger partial charge in [-0.15, -0.1) is 17.5 Å². The van der Waals surface area contributed by atoms with Gasteiger partial charge in [-0.3, -0.25) is 10.1 Å². The maximum atomic E-state index is 12.5. The van der Waals surface area contributed by atoms with Crippen LogP contribution in [0.1, 0.15) is 35.1 Å². The molecule has 27 heavy (non-hydrogen) atoms. The summed E-state index contributed by atoms with van der Waals surface area (Å²) in [4.78, 5) is 18.4. The average Bonchev–Trinajstić information content (AvgIpc) is 3.31. The quantitative estimate of drug-likeness (QED) is 0.702. The number of piperidine rings is 1. The zero-order valence-electron chi connectivity index (χ0n) is 14.9. The van der Waals surface area contributed by atoms with Crippen LogP contribution in [0.5, 0.6) is 0 Å². The first-order valence-electron chi connectivity index (χ1n) is 8.61. The molecule has 0 bridgehead atoms. The van der Waals surface area contributed by atoms with Crippen molar-refractivity contribution in [2.24, 2.45) is 7.05 Å². The van der Waals surface area contributed by atoms with E-state index in [2.05, 4.69) is 30.9 Å². The Kier molecular flexibility index (Phi) is 5.82. The minimum Gasteiger partial charge on any atom is -0.317 e. The molecule has 4 rings (SSSR count). The van der Waals surface area contributed by atoms with Gasteiger partial charge >= 0.3 is 0 Å². The fourth-order valence-corrected chi connectivity index (χ4v) is 2.98. The van der Waals surface area contributed by atoms with Crippen molar-refractivity contribution in [3.05, 3.63) is 48.0 Å². The number of amides is 1. The van der Waals surface area contributed by atoms with Crippen LogP contribution in [0.25, 0.3) is 5.69 Å². The minimum absolute atomic E-state index is 0. The molecule has 1 aliphatic rings. The molecule has 142 valence electrons. The predicted molar refractivity (Wildman–Crippen MR) is 102 cm³/mol. The first-order valence-corrected chi connectivity index (χ1v) is 8.61. The van der Waals surface area contributed by atoms with Crippen LogP contribution in [0.2, 0.25) is 0 Å². The lowest BCUT2D eigenvalue weighted by Gasteiger charge is -2.19. The van der Waals surface area contributed by atoms with E-state index < -0.39 is 0 Å². The van der Waals surface area contributed by atoms with Gasteiger partial charge < -0.3 is 5.32 Å². The number of hydrogen-bond acceptors (Lipinski definition) is 6. The van der Waals surface area contributed by atoms with E-state index >= 15 is 0 Å². The van der Waals surface area contributed by atoms with Crippen LogP contribution in [0.3, 0.4) is 0 Å². The summed E-state index contributed by atoms with van der Waals surface area (Å²) in [6.07, 6.45) is 3.44. The second-order valence-electron chi connectivity index (χ2n) is 6.25. The van der Waals surface area contributed by atoms with E-state index in [4.69, 9.17) is 0 Å². The summed E-state index contributed by atoms with van der Waals surface area (Å²) in [5.41, 5.74) is 1.01. The zero-order chi connectivity index (χ0) is 17.9. The monoisotopic (exact) mass is 388 g/mol. The lowest BCUT2D eigenvalue weighted by Crippen LogP contribution is -2.27. The summed E-state index contributed by atoms with van der Waals surface area (Å²) in [5, 5.41) is 18.9. The minimum atomic E-state index is -0.362. The van der Waals surface area contributed by atoms with E-state index in [1.807, 2.05) is 30.3 Å². The van der Waals surface area contributed by atoms with Crippen molar-refractivity contribution in [2.75, 3.05) is 18.4 Å². The topological polar surface area (TPSA) is 103 Å². The van der Waals surface area contributed by atoms with E-state index in [0.717, 1.165) is 37.4 Å². The van der Waals surface area contributed by atoms with Gasteiger partial charge in [-0.05, 0) is 38.1 Å². The summed E-state index contributed by atoms with van der Waals surface area (Å²) >= 11 is 0. The van der Waals surface area contributed by atoms with E-state index in [0.29, 0.717) is 11.9 Å². The van der Waals surface area contributed by atoms with Crippen molar-refractivity contribution in [3.63, 3.8) is 0 Å². The summed E-state index contributed by atoms with van der Waals surface area (Å²) in [7, 11) is 1.77. The average molecular weight is 389 g/mol. The number of halogens is 1. The van der Waals surface area contributed by atoms with Crippen LogP contribution in [0.4, 0.5) is 5.95 Å². The molecule has 0 radical (unpaired) electrons. The maximum Gasteiger partial charge on any atom is 0.280 e. The fraction of sp³-hybridized carbons (Fsp3) is 0.353. The Morgan fingerprint density at radius 1 is 1.19 bits per heavy atom. The Morgan fingerprint density at radius 3 is 2.67 bits per heavy atom. The van der Waals surface area contributed by atoms with Gasteiger partial charge in [-0.25, -0.2) is 4.68 Å². The Labute approximate surface area is 162 Å². The van der Waals surface area contributed by atoms with E-state index in [1.54, 1.807) is 11.7 Å². The van der Waals surface area contributed by atoms with Crippen molar-refractivity contribution in [2.45, 2.75) is 18.8 Å². The van der Waals surface area contributed by atoms with Crippen LogP contribution in [0, 0.1) is 0 Å². The van der Waals surface area contributed by atoms with Crippen LogP contribution < -0.4 is 10.6 Å². The molecule has 3 aromatic rings. The highest BCUT2D eigenvalue weighted by Gasteiger charge is 2.22. The van der Waals surface area contributed by atoms with Crippen LogP contribution in [0.15, 0.2) is 36.5 Å². The highest BCUT2D eigenvalue weighted by atomic mass is 35.5. The molecule has 1 fully saturated rings. The first kappa shape index (κ1) is 19.0. The zero-order valence-corrected chi connectivity index (χ0v) is 15.7. The van der Waals surface area contributed by atoms with E-state index in [1.165, 1.54) is 11.0 Å². The number of benzene rings is 1. The Balaban J connectivity index is 0.00000210. The fourth-order valence-electron chi connectivity index (χ4n) is 2.98. The number of anilines is 1. The molecule has 0 atom stereocenters. The molecule has 2 N–H and O–H groups in total. The van der Waals surface area contributed by atoms with Gasteiger partial charge in [0.25, 0.3) is 5.91 Å². The van der Waals surface area contributed by atoms with Gasteiger partial charge in [0.15, 0.2) is 11.5 Å². The molecule has 0 unspecified atom stereocenters. The van der Waals surface area contributed by atoms with Crippen LogP contribution >= 0.6 is 12.4 Å². The van der Waals surface area contributed by atoms with Crippen molar-refractivity contribution >= 4 is 24.3 Å².